The van der Waals surface area contributed by atoms with Crippen LogP contribution >= 0.6 is 0 Å². The quantitative estimate of drug-likeness (QED) is 0.823. The third-order valence-corrected chi connectivity index (χ3v) is 2.55. The molecule has 0 radical (unpaired) electrons. The molecule has 0 spiro atoms. The molecule has 2 aromatic heterocycles. The number of imidazole rings is 1. The van der Waals surface area contributed by atoms with Gasteiger partial charge >= 0.3 is 0 Å². The molecule has 2 N–H and O–H groups in total. The molecule has 90 valence electrons. The van der Waals surface area contributed by atoms with E-state index in [2.05, 4.69) is 27.2 Å². The molecular weight excluding hydrogens is 216 g/mol. The van der Waals surface area contributed by atoms with Crippen LogP contribution in [0.5, 0.6) is 5.88 Å². The van der Waals surface area contributed by atoms with Gasteiger partial charge in [0.05, 0.1) is 13.2 Å². The summed E-state index contributed by atoms with van der Waals surface area (Å²) in [5.41, 5.74) is 1.12. The number of rotatable bonds is 5. The van der Waals surface area contributed by atoms with E-state index in [9.17, 15) is 0 Å². The summed E-state index contributed by atoms with van der Waals surface area (Å²) >= 11 is 0. The summed E-state index contributed by atoms with van der Waals surface area (Å²) in [7, 11) is 1.61. The zero-order valence-corrected chi connectivity index (χ0v) is 9.97. The first-order chi connectivity index (χ1) is 8.29. The molecule has 0 saturated heterocycles. The molecule has 5 nitrogen and oxygen atoms in total. The third kappa shape index (κ3) is 3.04. The SMILES string of the molecule is COc1ccc(CNC(C)c2ncc[nH]2)cn1. The topological polar surface area (TPSA) is 62.8 Å². The van der Waals surface area contributed by atoms with Crippen molar-refractivity contribution in [2.75, 3.05) is 7.11 Å². The lowest BCUT2D eigenvalue weighted by atomic mass is 10.2. The van der Waals surface area contributed by atoms with E-state index in [1.54, 1.807) is 19.5 Å². The molecule has 0 aliphatic carbocycles. The van der Waals surface area contributed by atoms with Gasteiger partial charge in [0.2, 0.25) is 5.88 Å². The summed E-state index contributed by atoms with van der Waals surface area (Å²) in [6, 6.07) is 4.04. The molecule has 2 rings (SSSR count). The molecule has 2 aromatic rings. The second-order valence-electron chi connectivity index (χ2n) is 3.79. The van der Waals surface area contributed by atoms with Crippen molar-refractivity contribution < 1.29 is 4.74 Å². The Bertz CT molecular complexity index is 438. The number of methoxy groups -OCH3 is 1. The van der Waals surface area contributed by atoms with Crippen molar-refractivity contribution in [1.29, 1.82) is 0 Å². The van der Waals surface area contributed by atoms with Crippen molar-refractivity contribution in [2.45, 2.75) is 19.5 Å². The number of ether oxygens (including phenoxy) is 1. The van der Waals surface area contributed by atoms with Crippen LogP contribution in [0.4, 0.5) is 0 Å². The molecule has 0 fully saturated rings. The highest BCUT2D eigenvalue weighted by Gasteiger charge is 2.06. The van der Waals surface area contributed by atoms with Gasteiger partial charge in [-0.25, -0.2) is 9.97 Å². The van der Waals surface area contributed by atoms with E-state index >= 15 is 0 Å². The van der Waals surface area contributed by atoms with Crippen LogP contribution in [-0.2, 0) is 6.54 Å². The van der Waals surface area contributed by atoms with Gasteiger partial charge in [-0.15, -0.1) is 0 Å². The molecule has 2 heterocycles. The van der Waals surface area contributed by atoms with Crippen molar-refractivity contribution >= 4 is 0 Å². The molecule has 0 aliphatic heterocycles. The fraction of sp³-hybridized carbons (Fsp3) is 0.333. The van der Waals surface area contributed by atoms with E-state index < -0.39 is 0 Å². The average molecular weight is 232 g/mol. The number of aromatic nitrogens is 3. The Morgan fingerprint density at radius 2 is 2.29 bits per heavy atom. The third-order valence-electron chi connectivity index (χ3n) is 2.55. The fourth-order valence-corrected chi connectivity index (χ4v) is 1.52. The maximum atomic E-state index is 5.01. The monoisotopic (exact) mass is 232 g/mol. The zero-order chi connectivity index (χ0) is 12.1. The number of nitrogens with zero attached hydrogens (tertiary/aromatic N) is 2. The molecule has 0 saturated carbocycles. The van der Waals surface area contributed by atoms with E-state index in [4.69, 9.17) is 4.74 Å². The number of aromatic amines is 1. The van der Waals surface area contributed by atoms with Gasteiger partial charge in [-0.3, -0.25) is 0 Å². The van der Waals surface area contributed by atoms with Gasteiger partial charge in [0.1, 0.15) is 5.82 Å². The maximum absolute atomic E-state index is 5.01. The van der Waals surface area contributed by atoms with Crippen LogP contribution in [0.25, 0.3) is 0 Å². The van der Waals surface area contributed by atoms with Crippen molar-refractivity contribution in [3.8, 4) is 5.88 Å². The summed E-state index contributed by atoms with van der Waals surface area (Å²) in [4.78, 5) is 11.4. The predicted molar refractivity (Wildman–Crippen MR) is 64.6 cm³/mol. The first-order valence-electron chi connectivity index (χ1n) is 5.51. The van der Waals surface area contributed by atoms with E-state index in [1.807, 2.05) is 18.3 Å². The number of hydrogen-bond acceptors (Lipinski definition) is 4. The smallest absolute Gasteiger partial charge is 0.212 e. The van der Waals surface area contributed by atoms with Crippen molar-refractivity contribution in [2.24, 2.45) is 0 Å². The number of H-pyrrole nitrogens is 1. The Labute approximate surface area is 100 Å². The van der Waals surface area contributed by atoms with Gasteiger partial charge in [-0.1, -0.05) is 6.07 Å². The summed E-state index contributed by atoms with van der Waals surface area (Å²) in [6.45, 7) is 2.81. The minimum atomic E-state index is 0.187. The van der Waals surface area contributed by atoms with Crippen LogP contribution in [0, 0.1) is 0 Å². The van der Waals surface area contributed by atoms with Crippen LogP contribution in [0.3, 0.4) is 0 Å². The summed E-state index contributed by atoms with van der Waals surface area (Å²) in [5.74, 6) is 1.57. The average Bonchev–Trinajstić information content (AvgIpc) is 2.90. The van der Waals surface area contributed by atoms with Crippen molar-refractivity contribution in [3.63, 3.8) is 0 Å². The summed E-state index contributed by atoms with van der Waals surface area (Å²) in [6.07, 6.45) is 5.38. The maximum Gasteiger partial charge on any atom is 0.212 e. The predicted octanol–water partition coefficient (Wildman–Crippen LogP) is 1.66. The summed E-state index contributed by atoms with van der Waals surface area (Å²) < 4.78 is 5.01. The Morgan fingerprint density at radius 1 is 1.41 bits per heavy atom. The second-order valence-corrected chi connectivity index (χ2v) is 3.79. The van der Waals surface area contributed by atoms with Crippen LogP contribution in [0.15, 0.2) is 30.7 Å². The number of nitrogens with one attached hydrogen (secondary N) is 2. The Balaban J connectivity index is 1.89. The number of hydrogen-bond donors (Lipinski definition) is 2. The van der Waals surface area contributed by atoms with Gasteiger partial charge in [0, 0.05) is 31.2 Å². The number of pyridine rings is 1. The minimum Gasteiger partial charge on any atom is -0.481 e. The highest BCUT2D eigenvalue weighted by molar-refractivity contribution is 5.17. The van der Waals surface area contributed by atoms with Crippen LogP contribution in [-0.4, -0.2) is 22.1 Å². The van der Waals surface area contributed by atoms with Gasteiger partial charge in [0.15, 0.2) is 0 Å². The molecule has 0 aliphatic rings. The zero-order valence-electron chi connectivity index (χ0n) is 9.97. The Morgan fingerprint density at radius 3 is 2.88 bits per heavy atom. The van der Waals surface area contributed by atoms with Gasteiger partial charge in [-0.05, 0) is 12.5 Å². The van der Waals surface area contributed by atoms with Crippen LogP contribution in [0.1, 0.15) is 24.4 Å². The molecule has 1 atom stereocenters. The molecule has 1 unspecified atom stereocenters. The largest absolute Gasteiger partial charge is 0.481 e. The van der Waals surface area contributed by atoms with Crippen LogP contribution in [0.2, 0.25) is 0 Å². The molecular formula is C12H16N4O. The molecule has 17 heavy (non-hydrogen) atoms. The lowest BCUT2D eigenvalue weighted by Crippen LogP contribution is -2.19. The van der Waals surface area contributed by atoms with Crippen molar-refractivity contribution in [1.82, 2.24) is 20.3 Å². The van der Waals surface area contributed by atoms with Crippen molar-refractivity contribution in [3.05, 3.63) is 42.1 Å². The van der Waals surface area contributed by atoms with Crippen LogP contribution < -0.4 is 10.1 Å². The van der Waals surface area contributed by atoms with E-state index in [1.165, 1.54) is 0 Å². The van der Waals surface area contributed by atoms with Gasteiger partial charge in [0.25, 0.3) is 0 Å². The molecule has 0 aromatic carbocycles. The lowest BCUT2D eigenvalue weighted by molar-refractivity contribution is 0.397. The first-order valence-corrected chi connectivity index (χ1v) is 5.51. The highest BCUT2D eigenvalue weighted by Crippen LogP contribution is 2.09. The molecule has 5 heteroatoms. The van der Waals surface area contributed by atoms with Gasteiger partial charge < -0.3 is 15.0 Å². The fourth-order valence-electron chi connectivity index (χ4n) is 1.52. The standard InChI is InChI=1S/C12H16N4O/c1-9(12-13-5-6-14-12)15-7-10-3-4-11(17-2)16-8-10/h3-6,8-9,15H,7H2,1-2H3,(H,13,14). The molecule has 0 bridgehead atoms. The van der Waals surface area contributed by atoms with E-state index in [0.29, 0.717) is 5.88 Å². The minimum absolute atomic E-state index is 0.187. The normalized spacial score (nSPS) is 12.4. The van der Waals surface area contributed by atoms with E-state index in [0.717, 1.165) is 17.9 Å². The van der Waals surface area contributed by atoms with E-state index in [-0.39, 0.29) is 6.04 Å². The highest BCUT2D eigenvalue weighted by atomic mass is 16.5. The van der Waals surface area contributed by atoms with Gasteiger partial charge in [-0.2, -0.15) is 0 Å². The first kappa shape index (κ1) is 11.6. The second kappa shape index (κ2) is 5.45. The summed E-state index contributed by atoms with van der Waals surface area (Å²) in [5, 5.41) is 3.36. The molecule has 0 amide bonds. The lowest BCUT2D eigenvalue weighted by Gasteiger charge is -2.11. The Hall–Kier alpha value is -1.88. The Kier molecular flexibility index (Phi) is 3.72.